The molecule has 2 N–H and O–H groups in total. The third-order valence-electron chi connectivity index (χ3n) is 3.83. The molecule has 3 heteroatoms. The van der Waals surface area contributed by atoms with E-state index in [1.807, 2.05) is 0 Å². The molecule has 1 saturated carbocycles. The second kappa shape index (κ2) is 7.42. The van der Waals surface area contributed by atoms with E-state index in [0.717, 1.165) is 24.3 Å². The van der Waals surface area contributed by atoms with Gasteiger partial charge in [0.15, 0.2) is 0 Å². The Labute approximate surface area is 120 Å². The van der Waals surface area contributed by atoms with Gasteiger partial charge in [-0.05, 0) is 49.3 Å². The highest BCUT2D eigenvalue weighted by molar-refractivity contribution is 5.41. The fraction of sp³-hybridized carbons (Fsp3) is 0.529. The van der Waals surface area contributed by atoms with Crippen LogP contribution in [0, 0.1) is 23.6 Å². The van der Waals surface area contributed by atoms with Gasteiger partial charge in [0.25, 0.3) is 0 Å². The molecule has 1 aliphatic rings. The first-order chi connectivity index (χ1) is 9.69. The van der Waals surface area contributed by atoms with Gasteiger partial charge in [-0.2, -0.15) is 0 Å². The fourth-order valence-corrected chi connectivity index (χ4v) is 2.54. The standard InChI is InChI=1S/C17H22FNO/c1-13-4-8-17(9-5-13)20-12-15-6-7-16(18)11-14(15)3-2-10-19/h6-7,11,13,17H,4-5,8-10,12,19H2,1H3. The monoisotopic (exact) mass is 275 g/mol. The Morgan fingerprint density at radius 3 is 2.75 bits per heavy atom. The van der Waals surface area contributed by atoms with E-state index in [1.165, 1.54) is 25.0 Å². The summed E-state index contributed by atoms with van der Waals surface area (Å²) in [6, 6.07) is 4.65. The first-order valence-corrected chi connectivity index (χ1v) is 7.28. The number of ether oxygens (including phenoxy) is 1. The molecule has 0 amide bonds. The van der Waals surface area contributed by atoms with Crippen LogP contribution in [-0.4, -0.2) is 12.6 Å². The molecule has 0 aromatic heterocycles. The molecule has 0 unspecified atom stereocenters. The van der Waals surface area contributed by atoms with Crippen molar-refractivity contribution in [3.8, 4) is 11.8 Å². The smallest absolute Gasteiger partial charge is 0.124 e. The highest BCUT2D eigenvalue weighted by Crippen LogP contribution is 2.26. The maximum absolute atomic E-state index is 13.3. The van der Waals surface area contributed by atoms with Crippen molar-refractivity contribution < 1.29 is 9.13 Å². The number of nitrogens with two attached hydrogens (primary N) is 1. The van der Waals surface area contributed by atoms with Crippen molar-refractivity contribution in [2.45, 2.75) is 45.3 Å². The zero-order valence-corrected chi connectivity index (χ0v) is 12.0. The van der Waals surface area contributed by atoms with E-state index < -0.39 is 0 Å². The lowest BCUT2D eigenvalue weighted by atomic mass is 9.89. The van der Waals surface area contributed by atoms with Crippen molar-refractivity contribution in [2.75, 3.05) is 6.54 Å². The molecule has 0 heterocycles. The molecule has 1 aromatic rings. The van der Waals surface area contributed by atoms with Crippen molar-refractivity contribution >= 4 is 0 Å². The van der Waals surface area contributed by atoms with Crippen molar-refractivity contribution in [3.63, 3.8) is 0 Å². The first-order valence-electron chi connectivity index (χ1n) is 7.28. The SMILES string of the molecule is CC1CCC(OCc2ccc(F)cc2C#CCN)CC1. The van der Waals surface area contributed by atoms with Crippen LogP contribution in [0.3, 0.4) is 0 Å². The maximum Gasteiger partial charge on any atom is 0.124 e. The lowest BCUT2D eigenvalue weighted by Crippen LogP contribution is -2.20. The molecule has 1 aromatic carbocycles. The van der Waals surface area contributed by atoms with Crippen LogP contribution in [0.15, 0.2) is 18.2 Å². The average molecular weight is 275 g/mol. The van der Waals surface area contributed by atoms with Gasteiger partial charge in [0.2, 0.25) is 0 Å². The number of rotatable bonds is 3. The molecule has 2 rings (SSSR count). The van der Waals surface area contributed by atoms with Gasteiger partial charge in [-0.3, -0.25) is 0 Å². The van der Waals surface area contributed by atoms with Crippen LogP contribution in [0.4, 0.5) is 4.39 Å². The average Bonchev–Trinajstić information content (AvgIpc) is 2.46. The Bertz CT molecular complexity index is 495. The minimum absolute atomic E-state index is 0.275. The fourth-order valence-electron chi connectivity index (χ4n) is 2.54. The molecule has 0 spiro atoms. The Morgan fingerprint density at radius 2 is 2.05 bits per heavy atom. The number of hydrogen-bond acceptors (Lipinski definition) is 2. The molecule has 0 radical (unpaired) electrons. The molecular weight excluding hydrogens is 253 g/mol. The second-order valence-corrected chi connectivity index (χ2v) is 5.50. The second-order valence-electron chi connectivity index (χ2n) is 5.50. The van der Waals surface area contributed by atoms with Gasteiger partial charge in [0.05, 0.1) is 19.3 Å². The summed E-state index contributed by atoms with van der Waals surface area (Å²) in [5.74, 6) is 6.22. The topological polar surface area (TPSA) is 35.2 Å². The zero-order chi connectivity index (χ0) is 14.4. The summed E-state index contributed by atoms with van der Waals surface area (Å²) in [6.07, 6.45) is 5.02. The Morgan fingerprint density at radius 1 is 1.30 bits per heavy atom. The molecular formula is C17H22FNO. The van der Waals surface area contributed by atoms with Crippen LogP contribution in [0.25, 0.3) is 0 Å². The Hall–Kier alpha value is -1.37. The third kappa shape index (κ3) is 4.33. The van der Waals surface area contributed by atoms with E-state index in [-0.39, 0.29) is 12.4 Å². The van der Waals surface area contributed by atoms with Gasteiger partial charge in [-0.15, -0.1) is 0 Å². The number of benzene rings is 1. The van der Waals surface area contributed by atoms with Gasteiger partial charge in [-0.25, -0.2) is 4.39 Å². The summed E-state index contributed by atoms with van der Waals surface area (Å²) in [4.78, 5) is 0. The molecule has 0 aliphatic heterocycles. The Balaban J connectivity index is 1.98. The molecule has 0 saturated heterocycles. The Kier molecular flexibility index (Phi) is 5.58. The summed E-state index contributed by atoms with van der Waals surface area (Å²) in [5, 5.41) is 0. The maximum atomic E-state index is 13.3. The molecule has 0 atom stereocenters. The van der Waals surface area contributed by atoms with Gasteiger partial charge < -0.3 is 10.5 Å². The van der Waals surface area contributed by atoms with E-state index in [2.05, 4.69) is 18.8 Å². The summed E-state index contributed by atoms with van der Waals surface area (Å²) < 4.78 is 19.2. The van der Waals surface area contributed by atoms with E-state index in [4.69, 9.17) is 10.5 Å². The van der Waals surface area contributed by atoms with E-state index >= 15 is 0 Å². The van der Waals surface area contributed by atoms with Gasteiger partial charge >= 0.3 is 0 Å². The molecule has 0 bridgehead atoms. The third-order valence-corrected chi connectivity index (χ3v) is 3.83. The van der Waals surface area contributed by atoms with Crippen LogP contribution < -0.4 is 5.73 Å². The quantitative estimate of drug-likeness (QED) is 0.860. The van der Waals surface area contributed by atoms with Crippen LogP contribution in [-0.2, 0) is 11.3 Å². The summed E-state index contributed by atoms with van der Waals surface area (Å²) in [5.41, 5.74) is 6.99. The lowest BCUT2D eigenvalue weighted by Gasteiger charge is -2.26. The normalized spacial score (nSPS) is 22.1. The summed E-state index contributed by atoms with van der Waals surface area (Å²) >= 11 is 0. The van der Waals surface area contributed by atoms with Crippen molar-refractivity contribution in [1.82, 2.24) is 0 Å². The van der Waals surface area contributed by atoms with Gasteiger partial charge in [0, 0.05) is 5.56 Å². The van der Waals surface area contributed by atoms with E-state index in [0.29, 0.717) is 18.3 Å². The van der Waals surface area contributed by atoms with E-state index in [1.54, 1.807) is 6.07 Å². The lowest BCUT2D eigenvalue weighted by molar-refractivity contribution is 0.00867. The molecule has 20 heavy (non-hydrogen) atoms. The van der Waals surface area contributed by atoms with Crippen LogP contribution in [0.1, 0.15) is 43.7 Å². The minimum atomic E-state index is -0.276. The van der Waals surface area contributed by atoms with Crippen LogP contribution in [0.5, 0.6) is 0 Å². The molecule has 1 fully saturated rings. The molecule has 2 nitrogen and oxygen atoms in total. The highest BCUT2D eigenvalue weighted by Gasteiger charge is 2.18. The van der Waals surface area contributed by atoms with Crippen molar-refractivity contribution in [1.29, 1.82) is 0 Å². The van der Waals surface area contributed by atoms with Crippen LogP contribution in [0.2, 0.25) is 0 Å². The molecule has 108 valence electrons. The van der Waals surface area contributed by atoms with Gasteiger partial charge in [-0.1, -0.05) is 24.8 Å². The number of halogens is 1. The predicted molar refractivity (Wildman–Crippen MR) is 78.5 cm³/mol. The van der Waals surface area contributed by atoms with Crippen LogP contribution >= 0.6 is 0 Å². The minimum Gasteiger partial charge on any atom is -0.373 e. The van der Waals surface area contributed by atoms with Crippen molar-refractivity contribution in [3.05, 3.63) is 35.1 Å². The number of hydrogen-bond donors (Lipinski definition) is 1. The van der Waals surface area contributed by atoms with E-state index in [9.17, 15) is 4.39 Å². The predicted octanol–water partition coefficient (Wildman–Crippen LogP) is 3.23. The summed E-state index contributed by atoms with van der Waals surface area (Å²) in [6.45, 7) is 3.06. The zero-order valence-electron chi connectivity index (χ0n) is 12.0. The van der Waals surface area contributed by atoms with Gasteiger partial charge in [0.1, 0.15) is 5.82 Å². The summed E-state index contributed by atoms with van der Waals surface area (Å²) in [7, 11) is 0. The highest BCUT2D eigenvalue weighted by atomic mass is 19.1. The largest absolute Gasteiger partial charge is 0.373 e. The first kappa shape index (κ1) is 15.0. The van der Waals surface area contributed by atoms with Crippen molar-refractivity contribution in [2.24, 2.45) is 11.7 Å². The molecule has 1 aliphatic carbocycles.